The summed E-state index contributed by atoms with van der Waals surface area (Å²) in [6.45, 7) is 11.0. The van der Waals surface area contributed by atoms with E-state index >= 15 is 0 Å². The summed E-state index contributed by atoms with van der Waals surface area (Å²) in [4.78, 5) is 25.4. The van der Waals surface area contributed by atoms with E-state index in [9.17, 15) is 0 Å². The van der Waals surface area contributed by atoms with Crippen molar-refractivity contribution in [2.24, 2.45) is 0 Å². The van der Waals surface area contributed by atoms with Gasteiger partial charge >= 0.3 is 164 Å². The molecule has 0 bridgehead atoms. The SMILES string of the molecule is CCB(CC)C(CC)(CC)[C]([Sn]([CH3])([CH3])[CH3])([Sn]([CH3])([CH3])[CH3])[Sn]([CH3])([CH3])[CH3].CO. The molecule has 0 rings (SSSR count). The Kier molecular flexibility index (Phi) is 13.0. The fraction of sp³-hybridized carbons (Fsp3) is 1.00. The minimum absolute atomic E-state index is 0.646. The van der Waals surface area contributed by atoms with Crippen LogP contribution in [0.4, 0.5) is 0 Å². The van der Waals surface area contributed by atoms with Crippen molar-refractivity contribution in [2.45, 2.75) is 102 Å². The molecule has 1 N–H and O–H groups in total. The molecule has 0 aromatic rings. The molecule has 25 heavy (non-hydrogen) atoms. The average molecular weight is 675 g/mol. The predicted molar refractivity (Wildman–Crippen MR) is 131 cm³/mol. The van der Waals surface area contributed by atoms with E-state index in [0.717, 1.165) is 13.3 Å². The zero-order valence-corrected chi connectivity index (χ0v) is 28.9. The van der Waals surface area contributed by atoms with Gasteiger partial charge in [0.25, 0.3) is 0 Å². The maximum atomic E-state index is 7.00. The van der Waals surface area contributed by atoms with Crippen LogP contribution in [-0.4, -0.2) is 74.1 Å². The van der Waals surface area contributed by atoms with E-state index in [0.29, 0.717) is 5.31 Å². The monoisotopic (exact) mass is 678 g/mol. The van der Waals surface area contributed by atoms with Crippen molar-refractivity contribution in [1.29, 1.82) is 0 Å². The van der Waals surface area contributed by atoms with Gasteiger partial charge in [-0.15, -0.1) is 0 Å². The molecule has 0 radical (unpaired) electrons. The molecule has 0 spiro atoms. The van der Waals surface area contributed by atoms with E-state index in [1.807, 2.05) is 0 Å². The zero-order chi connectivity index (χ0) is 20.9. The molecule has 0 atom stereocenters. The fourth-order valence-corrected chi connectivity index (χ4v) is 174. The number of hydrogen-bond acceptors (Lipinski definition) is 1. The van der Waals surface area contributed by atoms with Crippen LogP contribution in [0.2, 0.25) is 61.9 Å². The second-order valence-electron chi connectivity index (χ2n) is 10.9. The Morgan fingerprint density at radius 3 is 0.960 bits per heavy atom. The zero-order valence-electron chi connectivity index (χ0n) is 20.4. The van der Waals surface area contributed by atoms with Crippen LogP contribution in [0.3, 0.4) is 0 Å². The van der Waals surface area contributed by atoms with Crippen molar-refractivity contribution in [3.8, 4) is 0 Å². The molecule has 0 aliphatic heterocycles. The summed E-state index contributed by atoms with van der Waals surface area (Å²) in [7, 11) is 1.00. The Balaban J connectivity index is 0. The van der Waals surface area contributed by atoms with E-state index in [-0.39, 0.29) is 0 Å². The van der Waals surface area contributed by atoms with Gasteiger partial charge < -0.3 is 5.11 Å². The first kappa shape index (κ1) is 29.6. The van der Waals surface area contributed by atoms with Crippen molar-refractivity contribution in [3.05, 3.63) is 0 Å². The van der Waals surface area contributed by atoms with Crippen molar-refractivity contribution in [1.82, 2.24) is 0 Å². The third-order valence-corrected chi connectivity index (χ3v) is 117. The third-order valence-electron chi connectivity index (χ3n) is 7.15. The summed E-state index contributed by atoms with van der Waals surface area (Å²) in [6, 6.07) is 0. The standard InChI is InChI=1S/C10H20B.CH4O.9CH3.3Sn/c1-6-10(5,7-2)11(8-3)9-4;1-2;;;;;;;;;;;;/h6-9H2,1-4H3;2H,1H3;9*1H3;;;. The normalized spacial score (nSPS) is 14.0. The van der Waals surface area contributed by atoms with Crippen LogP contribution >= 0.6 is 0 Å². The molecule has 0 amide bonds. The molecule has 0 fully saturated rings. The maximum absolute atomic E-state index is 7.00. The van der Waals surface area contributed by atoms with Crippen molar-refractivity contribution in [3.63, 3.8) is 0 Å². The second-order valence-corrected chi connectivity index (χ2v) is 68.0. The first-order valence-corrected chi connectivity index (χ1v) is 40.6. The Morgan fingerprint density at radius 2 is 0.840 bits per heavy atom. The summed E-state index contributed by atoms with van der Waals surface area (Å²) in [5.41, 5.74) is 0. The van der Waals surface area contributed by atoms with Crippen molar-refractivity contribution < 1.29 is 5.11 Å². The minimum atomic E-state index is -2.18. The number of aliphatic hydroxyl groups is 1. The van der Waals surface area contributed by atoms with Crippen molar-refractivity contribution >= 4 is 61.8 Å². The van der Waals surface area contributed by atoms with Crippen LogP contribution in [-0.2, 0) is 0 Å². The topological polar surface area (TPSA) is 20.2 Å². The Hall–Kier alpha value is 2.42. The molecule has 5 heteroatoms. The summed E-state index contributed by atoms with van der Waals surface area (Å²) in [6.07, 6.45) is 5.66. The molecule has 0 aromatic carbocycles. The van der Waals surface area contributed by atoms with Gasteiger partial charge in [-0.25, -0.2) is 0 Å². The summed E-state index contributed by atoms with van der Waals surface area (Å²) >= 11 is -6.54. The quantitative estimate of drug-likeness (QED) is 0.251. The van der Waals surface area contributed by atoms with Crippen LogP contribution in [0.25, 0.3) is 0 Å². The van der Waals surface area contributed by atoms with Crippen molar-refractivity contribution in [2.75, 3.05) is 7.11 Å². The van der Waals surface area contributed by atoms with Gasteiger partial charge in [0.05, 0.1) is 0 Å². The smallest absolute Gasteiger partial charge is 0.0319 e. The van der Waals surface area contributed by atoms with Gasteiger partial charge in [-0.2, -0.15) is 0 Å². The third kappa shape index (κ3) is 5.32. The van der Waals surface area contributed by atoms with Crippen LogP contribution in [0.5, 0.6) is 0 Å². The van der Waals surface area contributed by atoms with E-state index in [4.69, 9.17) is 5.11 Å². The van der Waals surface area contributed by atoms with E-state index in [1.165, 1.54) is 25.5 Å². The van der Waals surface area contributed by atoms with E-state index < -0.39 is 55.1 Å². The average Bonchev–Trinajstić information content (AvgIpc) is 2.44. The molecular weight excluding hydrogens is 623 g/mol. The van der Waals surface area contributed by atoms with Gasteiger partial charge in [0.15, 0.2) is 0 Å². The molecule has 0 aliphatic carbocycles. The maximum Gasteiger partial charge on any atom is 0.0319 e. The molecule has 0 aliphatic rings. The Morgan fingerprint density at radius 1 is 0.600 bits per heavy atom. The van der Waals surface area contributed by atoms with Crippen LogP contribution in [0, 0.1) is 0 Å². The number of aliphatic hydroxyl groups excluding tert-OH is 1. The summed E-state index contributed by atoms with van der Waals surface area (Å²) < 4.78 is 0.880. The Labute approximate surface area is 174 Å². The second kappa shape index (κ2) is 11.0. The van der Waals surface area contributed by atoms with Gasteiger partial charge in [-0.1, -0.05) is 0 Å². The van der Waals surface area contributed by atoms with E-state index in [1.54, 1.807) is 0 Å². The molecule has 0 aromatic heterocycles. The van der Waals surface area contributed by atoms with Gasteiger partial charge in [0, 0.05) is 7.11 Å². The first-order chi connectivity index (χ1) is 11.1. The van der Waals surface area contributed by atoms with Gasteiger partial charge in [0.2, 0.25) is 0 Å². The largest absolute Gasteiger partial charge is 0.400 e. The van der Waals surface area contributed by atoms with E-state index in [2.05, 4.69) is 72.2 Å². The van der Waals surface area contributed by atoms with Crippen LogP contribution < -0.4 is 0 Å². The van der Waals surface area contributed by atoms with Gasteiger partial charge in [-0.05, 0) is 0 Å². The van der Waals surface area contributed by atoms with Crippen LogP contribution in [0.15, 0.2) is 0 Å². The number of rotatable bonds is 9. The first-order valence-electron chi connectivity index (χ1n) is 10.6. The molecule has 1 nitrogen and oxygen atoms in total. The molecule has 0 saturated heterocycles. The predicted octanol–water partition coefficient (Wildman–Crippen LogP) is 7.52. The molecule has 0 heterocycles. The fourth-order valence-electron chi connectivity index (χ4n) is 8.35. The summed E-state index contributed by atoms with van der Waals surface area (Å²) in [5.74, 6) is 0. The molecule has 0 unspecified atom stereocenters. The van der Waals surface area contributed by atoms with Crippen LogP contribution in [0.1, 0.15) is 40.5 Å². The molecule has 152 valence electrons. The molecular formula is C20H51BOSn3. The minimum Gasteiger partial charge on any atom is -0.400 e. The summed E-state index contributed by atoms with van der Waals surface area (Å²) in [5, 5.41) is 7.65. The number of hydrogen-bond donors (Lipinski definition) is 1. The Bertz CT molecular complexity index is 334. The van der Waals surface area contributed by atoms with Gasteiger partial charge in [0.1, 0.15) is 0 Å². The van der Waals surface area contributed by atoms with Gasteiger partial charge in [-0.3, -0.25) is 0 Å². The molecule has 0 saturated carbocycles.